The minimum Gasteiger partial charge on any atom is -0.388 e. The van der Waals surface area contributed by atoms with Gasteiger partial charge in [-0.3, -0.25) is 9.48 Å². The van der Waals surface area contributed by atoms with Crippen molar-refractivity contribution in [3.63, 3.8) is 0 Å². The van der Waals surface area contributed by atoms with Crippen LogP contribution in [-0.2, 0) is 0 Å². The van der Waals surface area contributed by atoms with Gasteiger partial charge in [0.2, 0.25) is 0 Å². The first-order valence-corrected chi connectivity index (χ1v) is 9.05. The van der Waals surface area contributed by atoms with Gasteiger partial charge in [-0.25, -0.2) is 0 Å². The summed E-state index contributed by atoms with van der Waals surface area (Å²) in [6.45, 7) is 8.10. The van der Waals surface area contributed by atoms with Gasteiger partial charge in [-0.2, -0.15) is 5.10 Å². The van der Waals surface area contributed by atoms with Gasteiger partial charge >= 0.3 is 0 Å². The molecule has 136 valence electrons. The van der Waals surface area contributed by atoms with Gasteiger partial charge in [0.1, 0.15) is 0 Å². The molecule has 0 spiro atoms. The first-order chi connectivity index (χ1) is 12.0. The van der Waals surface area contributed by atoms with Crippen molar-refractivity contribution in [1.29, 1.82) is 0 Å². The standard InChI is InChI=1S/C20H29N3O2/c1-5-17(6-2)23-15(4)18(13-21-23)20(25)22-14(3)12-19(24)16-10-8-7-9-11-16/h7-11,13-14,17,19,24H,5-6,12H2,1-4H3,(H,22,25). The third-order valence-electron chi connectivity index (χ3n) is 4.72. The largest absolute Gasteiger partial charge is 0.388 e. The van der Waals surface area contributed by atoms with Crippen LogP contribution >= 0.6 is 0 Å². The van der Waals surface area contributed by atoms with E-state index >= 15 is 0 Å². The Bertz CT molecular complexity index is 678. The summed E-state index contributed by atoms with van der Waals surface area (Å²) in [7, 11) is 0. The summed E-state index contributed by atoms with van der Waals surface area (Å²) in [6, 6.07) is 9.68. The molecule has 0 aliphatic rings. The quantitative estimate of drug-likeness (QED) is 0.766. The lowest BCUT2D eigenvalue weighted by atomic mass is 10.0. The SMILES string of the molecule is CCC(CC)n1ncc(C(=O)NC(C)CC(O)c2ccccc2)c1C. The Morgan fingerprint density at radius 3 is 2.48 bits per heavy atom. The van der Waals surface area contributed by atoms with Crippen molar-refractivity contribution in [2.45, 2.75) is 65.1 Å². The van der Waals surface area contributed by atoms with E-state index in [2.05, 4.69) is 24.3 Å². The zero-order chi connectivity index (χ0) is 18.4. The van der Waals surface area contributed by atoms with Crippen LogP contribution in [0.5, 0.6) is 0 Å². The molecule has 2 atom stereocenters. The highest BCUT2D eigenvalue weighted by atomic mass is 16.3. The molecule has 0 radical (unpaired) electrons. The van der Waals surface area contributed by atoms with Crippen LogP contribution in [0, 0.1) is 6.92 Å². The van der Waals surface area contributed by atoms with Crippen LogP contribution in [0.3, 0.4) is 0 Å². The predicted molar refractivity (Wildman–Crippen MR) is 99.5 cm³/mol. The van der Waals surface area contributed by atoms with Crippen molar-refractivity contribution in [2.24, 2.45) is 0 Å². The van der Waals surface area contributed by atoms with Crippen LogP contribution in [0.15, 0.2) is 36.5 Å². The molecular formula is C20H29N3O2. The maximum Gasteiger partial charge on any atom is 0.254 e. The van der Waals surface area contributed by atoms with E-state index in [0.29, 0.717) is 18.0 Å². The zero-order valence-electron chi connectivity index (χ0n) is 15.6. The smallest absolute Gasteiger partial charge is 0.254 e. The Hall–Kier alpha value is -2.14. The highest BCUT2D eigenvalue weighted by molar-refractivity contribution is 5.95. The van der Waals surface area contributed by atoms with Crippen LogP contribution in [0.4, 0.5) is 0 Å². The number of amides is 1. The second-order valence-corrected chi connectivity index (χ2v) is 6.60. The van der Waals surface area contributed by atoms with Crippen LogP contribution in [0.25, 0.3) is 0 Å². The molecule has 25 heavy (non-hydrogen) atoms. The summed E-state index contributed by atoms with van der Waals surface area (Å²) in [6.07, 6.45) is 3.49. The number of hydrogen-bond acceptors (Lipinski definition) is 3. The van der Waals surface area contributed by atoms with E-state index in [-0.39, 0.29) is 11.9 Å². The molecule has 0 saturated heterocycles. The van der Waals surface area contributed by atoms with E-state index in [9.17, 15) is 9.90 Å². The van der Waals surface area contributed by atoms with Crippen LogP contribution in [-0.4, -0.2) is 26.8 Å². The number of carbonyl (C=O) groups is 1. The molecule has 0 aliphatic heterocycles. The first kappa shape index (κ1) is 19.2. The molecule has 2 aromatic rings. The molecule has 5 nitrogen and oxygen atoms in total. The summed E-state index contributed by atoms with van der Waals surface area (Å²) < 4.78 is 1.94. The van der Waals surface area contributed by atoms with E-state index in [4.69, 9.17) is 0 Å². The minimum absolute atomic E-state index is 0.137. The molecule has 0 saturated carbocycles. The molecular weight excluding hydrogens is 314 g/mol. The van der Waals surface area contributed by atoms with Crippen molar-refractivity contribution in [1.82, 2.24) is 15.1 Å². The normalized spacial score (nSPS) is 13.7. The third-order valence-corrected chi connectivity index (χ3v) is 4.72. The summed E-state index contributed by atoms with van der Waals surface area (Å²) in [4.78, 5) is 12.6. The first-order valence-electron chi connectivity index (χ1n) is 9.05. The summed E-state index contributed by atoms with van der Waals surface area (Å²) in [5.74, 6) is -0.137. The van der Waals surface area contributed by atoms with E-state index in [0.717, 1.165) is 24.1 Å². The number of aliphatic hydroxyl groups is 1. The fourth-order valence-electron chi connectivity index (χ4n) is 3.16. The maximum atomic E-state index is 12.6. The molecule has 2 unspecified atom stereocenters. The van der Waals surface area contributed by atoms with Crippen molar-refractivity contribution in [3.8, 4) is 0 Å². The van der Waals surface area contributed by atoms with Gasteiger partial charge in [-0.15, -0.1) is 0 Å². The highest BCUT2D eigenvalue weighted by Gasteiger charge is 2.20. The van der Waals surface area contributed by atoms with Crippen LogP contribution in [0.2, 0.25) is 0 Å². The number of nitrogens with zero attached hydrogens (tertiary/aromatic N) is 2. The second-order valence-electron chi connectivity index (χ2n) is 6.60. The van der Waals surface area contributed by atoms with E-state index < -0.39 is 6.10 Å². The number of aromatic nitrogens is 2. The summed E-state index contributed by atoms with van der Waals surface area (Å²) in [5, 5.41) is 17.7. The Labute approximate surface area is 150 Å². The van der Waals surface area contributed by atoms with Crippen molar-refractivity contribution in [3.05, 3.63) is 53.3 Å². The molecule has 2 rings (SSSR count). The Morgan fingerprint density at radius 1 is 1.24 bits per heavy atom. The predicted octanol–water partition coefficient (Wildman–Crippen LogP) is 3.79. The second kappa shape index (κ2) is 8.81. The molecule has 1 aromatic carbocycles. The molecule has 1 aromatic heterocycles. The highest BCUT2D eigenvalue weighted by Crippen LogP contribution is 2.20. The molecule has 1 heterocycles. The summed E-state index contributed by atoms with van der Waals surface area (Å²) in [5.41, 5.74) is 2.36. The third kappa shape index (κ3) is 4.69. The molecule has 1 amide bonds. The Balaban J connectivity index is 2.00. The average Bonchev–Trinajstić information content (AvgIpc) is 2.98. The van der Waals surface area contributed by atoms with Crippen molar-refractivity contribution < 1.29 is 9.90 Å². The number of rotatable bonds is 8. The Morgan fingerprint density at radius 2 is 1.88 bits per heavy atom. The summed E-state index contributed by atoms with van der Waals surface area (Å²) >= 11 is 0. The number of hydrogen-bond donors (Lipinski definition) is 2. The monoisotopic (exact) mass is 343 g/mol. The fraction of sp³-hybridized carbons (Fsp3) is 0.500. The van der Waals surface area contributed by atoms with Gasteiger partial charge in [0, 0.05) is 11.7 Å². The van der Waals surface area contributed by atoms with Gasteiger partial charge in [0.05, 0.1) is 23.9 Å². The fourth-order valence-corrected chi connectivity index (χ4v) is 3.16. The molecule has 5 heteroatoms. The van der Waals surface area contributed by atoms with Crippen molar-refractivity contribution in [2.75, 3.05) is 0 Å². The topological polar surface area (TPSA) is 67.2 Å². The molecule has 0 fully saturated rings. The van der Waals surface area contributed by atoms with Crippen LogP contribution in [0.1, 0.15) is 73.8 Å². The lowest BCUT2D eigenvalue weighted by Gasteiger charge is -2.19. The van der Waals surface area contributed by atoms with E-state index in [1.807, 2.05) is 48.9 Å². The van der Waals surface area contributed by atoms with Crippen LogP contribution < -0.4 is 5.32 Å². The average molecular weight is 343 g/mol. The lowest BCUT2D eigenvalue weighted by molar-refractivity contribution is 0.0916. The lowest BCUT2D eigenvalue weighted by Crippen LogP contribution is -2.34. The van der Waals surface area contributed by atoms with Gasteiger partial charge in [0.15, 0.2) is 0 Å². The molecule has 0 aliphatic carbocycles. The van der Waals surface area contributed by atoms with Gasteiger partial charge in [0.25, 0.3) is 5.91 Å². The molecule has 2 N–H and O–H groups in total. The maximum absolute atomic E-state index is 12.6. The van der Waals surface area contributed by atoms with Gasteiger partial charge in [-0.1, -0.05) is 44.2 Å². The number of aliphatic hydroxyl groups excluding tert-OH is 1. The number of nitrogens with one attached hydrogen (secondary N) is 1. The molecule has 0 bridgehead atoms. The van der Waals surface area contributed by atoms with Gasteiger partial charge in [-0.05, 0) is 38.7 Å². The van der Waals surface area contributed by atoms with Crippen molar-refractivity contribution >= 4 is 5.91 Å². The van der Waals surface area contributed by atoms with Gasteiger partial charge < -0.3 is 10.4 Å². The van der Waals surface area contributed by atoms with E-state index in [1.165, 1.54) is 0 Å². The Kier molecular flexibility index (Phi) is 6.76. The number of benzene rings is 1. The number of carbonyl (C=O) groups excluding carboxylic acids is 1. The minimum atomic E-state index is -0.593. The zero-order valence-corrected chi connectivity index (χ0v) is 15.6. The van der Waals surface area contributed by atoms with E-state index in [1.54, 1.807) is 6.20 Å².